The molecule has 0 saturated carbocycles. The van der Waals surface area contributed by atoms with Gasteiger partial charge in [0.1, 0.15) is 0 Å². The second kappa shape index (κ2) is 6.14. The smallest absolute Gasteiger partial charge is 0.194 e. The molecular formula is C20H21NOS. The van der Waals surface area contributed by atoms with Crippen molar-refractivity contribution in [2.45, 2.75) is 29.4 Å². The Balaban J connectivity index is 1.67. The van der Waals surface area contributed by atoms with Crippen LogP contribution in [0.1, 0.15) is 45.8 Å². The lowest BCUT2D eigenvalue weighted by atomic mass is 9.88. The Morgan fingerprint density at radius 3 is 2.65 bits per heavy atom. The molecule has 2 heterocycles. The van der Waals surface area contributed by atoms with Gasteiger partial charge in [-0.2, -0.15) is 0 Å². The van der Waals surface area contributed by atoms with Gasteiger partial charge in [0, 0.05) is 21.8 Å². The zero-order valence-corrected chi connectivity index (χ0v) is 14.2. The summed E-state index contributed by atoms with van der Waals surface area (Å²) in [5.74, 6) is 1.69. The maximum atomic E-state index is 12.8. The molecule has 1 saturated heterocycles. The SMILES string of the molecule is CN1CCC(c2ccc3c(c2)SCc2ccccc2C3=O)CC1. The number of rotatable bonds is 1. The Labute approximate surface area is 141 Å². The molecule has 2 aliphatic heterocycles. The van der Waals surface area contributed by atoms with Crippen LogP contribution in [0.5, 0.6) is 0 Å². The van der Waals surface area contributed by atoms with Gasteiger partial charge in [-0.3, -0.25) is 4.79 Å². The van der Waals surface area contributed by atoms with Crippen molar-refractivity contribution in [3.63, 3.8) is 0 Å². The highest BCUT2D eigenvalue weighted by molar-refractivity contribution is 7.98. The molecule has 0 atom stereocenters. The summed E-state index contributed by atoms with van der Waals surface area (Å²) in [4.78, 5) is 16.4. The maximum Gasteiger partial charge on any atom is 0.194 e. The van der Waals surface area contributed by atoms with Crippen molar-refractivity contribution in [2.75, 3.05) is 20.1 Å². The Hall–Kier alpha value is -1.58. The quantitative estimate of drug-likeness (QED) is 0.779. The van der Waals surface area contributed by atoms with E-state index in [2.05, 4.69) is 36.2 Å². The highest BCUT2D eigenvalue weighted by atomic mass is 32.2. The molecule has 0 bridgehead atoms. The van der Waals surface area contributed by atoms with Crippen LogP contribution in [0, 0.1) is 0 Å². The number of thioether (sulfide) groups is 1. The minimum absolute atomic E-state index is 0.176. The Morgan fingerprint density at radius 1 is 1.04 bits per heavy atom. The van der Waals surface area contributed by atoms with Crippen LogP contribution in [0.4, 0.5) is 0 Å². The Kier molecular flexibility index (Phi) is 4.00. The third-order valence-corrected chi connectivity index (χ3v) is 6.19. The molecule has 0 aromatic heterocycles. The summed E-state index contributed by atoms with van der Waals surface area (Å²) in [5, 5.41) is 0. The van der Waals surface area contributed by atoms with Crippen LogP contribution in [0.3, 0.4) is 0 Å². The lowest BCUT2D eigenvalue weighted by Gasteiger charge is -2.29. The number of likely N-dealkylation sites (tertiary alicyclic amines) is 1. The van der Waals surface area contributed by atoms with Gasteiger partial charge in [-0.05, 0) is 62.2 Å². The molecule has 0 unspecified atom stereocenters. The second-order valence-corrected chi connectivity index (χ2v) is 7.63. The molecule has 2 aromatic rings. The third-order valence-electron chi connectivity index (χ3n) is 5.09. The predicted molar refractivity (Wildman–Crippen MR) is 95.3 cm³/mol. The predicted octanol–water partition coefficient (Wildman–Crippen LogP) is 4.33. The first-order chi connectivity index (χ1) is 11.2. The first-order valence-electron chi connectivity index (χ1n) is 8.30. The molecular weight excluding hydrogens is 302 g/mol. The van der Waals surface area contributed by atoms with Crippen LogP contribution < -0.4 is 0 Å². The van der Waals surface area contributed by atoms with Gasteiger partial charge in [-0.15, -0.1) is 11.8 Å². The molecule has 23 heavy (non-hydrogen) atoms. The summed E-state index contributed by atoms with van der Waals surface area (Å²) in [5.41, 5.74) is 4.30. The summed E-state index contributed by atoms with van der Waals surface area (Å²) in [6.45, 7) is 2.33. The molecule has 0 aliphatic carbocycles. The molecule has 0 spiro atoms. The van der Waals surface area contributed by atoms with E-state index < -0.39 is 0 Å². The molecule has 2 nitrogen and oxygen atoms in total. The Bertz CT molecular complexity index is 747. The van der Waals surface area contributed by atoms with E-state index in [9.17, 15) is 4.79 Å². The molecule has 0 N–H and O–H groups in total. The van der Waals surface area contributed by atoms with Crippen molar-refractivity contribution in [2.24, 2.45) is 0 Å². The second-order valence-electron chi connectivity index (χ2n) is 6.61. The molecule has 1 fully saturated rings. The minimum atomic E-state index is 0.176. The number of ketones is 1. The number of benzene rings is 2. The van der Waals surface area contributed by atoms with Crippen molar-refractivity contribution in [3.8, 4) is 0 Å². The van der Waals surface area contributed by atoms with E-state index in [0.29, 0.717) is 5.92 Å². The van der Waals surface area contributed by atoms with Crippen molar-refractivity contribution in [1.29, 1.82) is 0 Å². The number of piperidine rings is 1. The van der Waals surface area contributed by atoms with Gasteiger partial charge in [-0.1, -0.05) is 30.3 Å². The highest BCUT2D eigenvalue weighted by Crippen LogP contribution is 2.37. The number of hydrogen-bond acceptors (Lipinski definition) is 3. The van der Waals surface area contributed by atoms with Crippen molar-refractivity contribution >= 4 is 17.5 Å². The highest BCUT2D eigenvalue weighted by Gasteiger charge is 2.24. The molecule has 3 heteroatoms. The van der Waals surface area contributed by atoms with E-state index in [1.54, 1.807) is 11.8 Å². The van der Waals surface area contributed by atoms with E-state index >= 15 is 0 Å². The van der Waals surface area contributed by atoms with Crippen LogP contribution in [-0.2, 0) is 5.75 Å². The third kappa shape index (κ3) is 2.84. The minimum Gasteiger partial charge on any atom is -0.306 e. The summed E-state index contributed by atoms with van der Waals surface area (Å²) >= 11 is 1.80. The lowest BCUT2D eigenvalue weighted by Crippen LogP contribution is -2.29. The van der Waals surface area contributed by atoms with E-state index in [1.165, 1.54) is 31.5 Å². The van der Waals surface area contributed by atoms with Gasteiger partial charge in [0.2, 0.25) is 0 Å². The van der Waals surface area contributed by atoms with Gasteiger partial charge < -0.3 is 4.90 Å². The van der Waals surface area contributed by atoms with Crippen LogP contribution in [0.15, 0.2) is 47.4 Å². The molecule has 2 aliphatic rings. The van der Waals surface area contributed by atoms with Gasteiger partial charge in [0.15, 0.2) is 5.78 Å². The standard InChI is InChI=1S/C20H21NOS/c1-21-10-8-14(9-11-21)15-6-7-18-19(12-15)23-13-16-4-2-3-5-17(16)20(18)22/h2-7,12,14H,8-11,13H2,1H3. The number of carbonyl (C=O) groups excluding carboxylic acids is 1. The average Bonchev–Trinajstić information content (AvgIpc) is 2.73. The van der Waals surface area contributed by atoms with Crippen LogP contribution in [0.2, 0.25) is 0 Å². The summed E-state index contributed by atoms with van der Waals surface area (Å²) in [6.07, 6.45) is 2.43. The number of nitrogens with zero attached hydrogens (tertiary/aromatic N) is 1. The van der Waals surface area contributed by atoms with Crippen molar-refractivity contribution in [3.05, 3.63) is 64.7 Å². The van der Waals surface area contributed by atoms with Gasteiger partial charge in [0.05, 0.1) is 0 Å². The van der Waals surface area contributed by atoms with Gasteiger partial charge in [-0.25, -0.2) is 0 Å². The largest absolute Gasteiger partial charge is 0.306 e. The van der Waals surface area contributed by atoms with Gasteiger partial charge in [0.25, 0.3) is 0 Å². The number of fused-ring (bicyclic) bond motifs is 2. The molecule has 4 rings (SSSR count). The number of hydrogen-bond donors (Lipinski definition) is 0. The van der Waals surface area contributed by atoms with Crippen molar-refractivity contribution in [1.82, 2.24) is 4.90 Å². The molecule has 118 valence electrons. The molecule has 2 aromatic carbocycles. The van der Waals surface area contributed by atoms with Crippen LogP contribution >= 0.6 is 11.8 Å². The maximum absolute atomic E-state index is 12.8. The first kappa shape index (κ1) is 15.0. The number of carbonyl (C=O) groups is 1. The van der Waals surface area contributed by atoms with Crippen molar-refractivity contribution < 1.29 is 4.79 Å². The fourth-order valence-electron chi connectivity index (χ4n) is 3.61. The fraction of sp³-hybridized carbons (Fsp3) is 0.350. The molecule has 0 amide bonds. The molecule has 0 radical (unpaired) electrons. The fourth-order valence-corrected chi connectivity index (χ4v) is 4.71. The monoisotopic (exact) mass is 323 g/mol. The van der Waals surface area contributed by atoms with Gasteiger partial charge >= 0.3 is 0 Å². The van der Waals surface area contributed by atoms with E-state index in [0.717, 1.165) is 27.3 Å². The van der Waals surface area contributed by atoms with E-state index in [-0.39, 0.29) is 5.78 Å². The first-order valence-corrected chi connectivity index (χ1v) is 9.29. The zero-order chi connectivity index (χ0) is 15.8. The summed E-state index contributed by atoms with van der Waals surface area (Å²) in [7, 11) is 2.19. The van der Waals surface area contributed by atoms with E-state index in [1.807, 2.05) is 18.2 Å². The summed E-state index contributed by atoms with van der Waals surface area (Å²) in [6, 6.07) is 14.5. The van der Waals surface area contributed by atoms with Crippen LogP contribution in [0.25, 0.3) is 0 Å². The lowest BCUT2D eigenvalue weighted by molar-refractivity contribution is 0.103. The van der Waals surface area contributed by atoms with Crippen LogP contribution in [-0.4, -0.2) is 30.8 Å². The zero-order valence-electron chi connectivity index (χ0n) is 13.4. The Morgan fingerprint density at radius 2 is 1.83 bits per heavy atom. The normalized spacial score (nSPS) is 19.1. The topological polar surface area (TPSA) is 20.3 Å². The van der Waals surface area contributed by atoms with E-state index in [4.69, 9.17) is 0 Å². The summed E-state index contributed by atoms with van der Waals surface area (Å²) < 4.78 is 0. The average molecular weight is 323 g/mol.